The molecule has 0 fully saturated rings. The van der Waals surface area contributed by atoms with E-state index in [1.807, 2.05) is 26.0 Å². The van der Waals surface area contributed by atoms with Crippen molar-refractivity contribution in [1.29, 1.82) is 0 Å². The van der Waals surface area contributed by atoms with E-state index in [1.54, 1.807) is 14.2 Å². The van der Waals surface area contributed by atoms with Crippen LogP contribution in [0.1, 0.15) is 18.6 Å². The molecule has 0 aromatic heterocycles. The van der Waals surface area contributed by atoms with E-state index in [9.17, 15) is 0 Å². The SMILES string of the molecule is C.COc1cc(C)cc(OC)c1C. The van der Waals surface area contributed by atoms with Gasteiger partial charge in [-0.3, -0.25) is 0 Å². The van der Waals surface area contributed by atoms with Gasteiger partial charge in [0.15, 0.2) is 0 Å². The molecule has 1 aromatic rings. The van der Waals surface area contributed by atoms with Crippen molar-refractivity contribution in [3.05, 3.63) is 23.3 Å². The first kappa shape index (κ1) is 11.8. The fraction of sp³-hybridized carbons (Fsp3) is 0.455. The van der Waals surface area contributed by atoms with E-state index in [-0.39, 0.29) is 7.43 Å². The highest BCUT2D eigenvalue weighted by Gasteiger charge is 2.05. The van der Waals surface area contributed by atoms with Crippen molar-refractivity contribution in [3.63, 3.8) is 0 Å². The lowest BCUT2D eigenvalue weighted by Crippen LogP contribution is -1.93. The van der Waals surface area contributed by atoms with E-state index in [0.717, 1.165) is 22.6 Å². The molecule has 0 aliphatic rings. The van der Waals surface area contributed by atoms with Gasteiger partial charge in [-0.25, -0.2) is 0 Å². The van der Waals surface area contributed by atoms with Gasteiger partial charge in [-0.15, -0.1) is 0 Å². The number of methoxy groups -OCH3 is 2. The predicted molar refractivity (Wildman–Crippen MR) is 55.8 cm³/mol. The molecule has 2 heteroatoms. The molecule has 1 rings (SSSR count). The third-order valence-corrected chi connectivity index (χ3v) is 1.90. The Bertz CT molecular complexity index is 254. The number of benzene rings is 1. The molecule has 0 bridgehead atoms. The topological polar surface area (TPSA) is 18.5 Å². The molecule has 74 valence electrons. The summed E-state index contributed by atoms with van der Waals surface area (Å²) in [5, 5.41) is 0. The predicted octanol–water partition coefficient (Wildman–Crippen LogP) is 2.96. The lowest BCUT2D eigenvalue weighted by Gasteiger charge is -2.10. The summed E-state index contributed by atoms with van der Waals surface area (Å²) in [4.78, 5) is 0. The molecule has 1 aromatic carbocycles. The molecule has 0 amide bonds. The molecule has 0 aliphatic carbocycles. The van der Waals surface area contributed by atoms with Crippen LogP contribution in [-0.2, 0) is 0 Å². The maximum atomic E-state index is 5.19. The van der Waals surface area contributed by atoms with Crippen LogP contribution in [0.3, 0.4) is 0 Å². The lowest BCUT2D eigenvalue weighted by molar-refractivity contribution is 0.388. The van der Waals surface area contributed by atoms with E-state index in [4.69, 9.17) is 9.47 Å². The number of aryl methyl sites for hydroxylation is 1. The van der Waals surface area contributed by atoms with Gasteiger partial charge in [0.2, 0.25) is 0 Å². The highest BCUT2D eigenvalue weighted by Crippen LogP contribution is 2.28. The Morgan fingerprint density at radius 1 is 0.923 bits per heavy atom. The fourth-order valence-corrected chi connectivity index (χ4v) is 1.22. The van der Waals surface area contributed by atoms with Gasteiger partial charge in [-0.05, 0) is 31.5 Å². The average Bonchev–Trinajstić information content (AvgIpc) is 2.08. The largest absolute Gasteiger partial charge is 0.496 e. The molecule has 0 unspecified atom stereocenters. The molecule has 0 saturated heterocycles. The molecular weight excluding hydrogens is 164 g/mol. The second kappa shape index (κ2) is 4.75. The molecule has 0 atom stereocenters. The molecule has 13 heavy (non-hydrogen) atoms. The fourth-order valence-electron chi connectivity index (χ4n) is 1.22. The molecular formula is C11H18O2. The maximum Gasteiger partial charge on any atom is 0.125 e. The highest BCUT2D eigenvalue weighted by atomic mass is 16.5. The number of hydrogen-bond acceptors (Lipinski definition) is 2. The Balaban J connectivity index is 0.00000144. The first-order valence-corrected chi connectivity index (χ1v) is 3.88. The third-order valence-electron chi connectivity index (χ3n) is 1.90. The van der Waals surface area contributed by atoms with Crippen LogP contribution in [0.4, 0.5) is 0 Å². The van der Waals surface area contributed by atoms with Crippen LogP contribution in [0.15, 0.2) is 12.1 Å². The summed E-state index contributed by atoms with van der Waals surface area (Å²) in [5.74, 6) is 1.76. The molecule has 0 spiro atoms. The van der Waals surface area contributed by atoms with Crippen LogP contribution >= 0.6 is 0 Å². The summed E-state index contributed by atoms with van der Waals surface area (Å²) < 4.78 is 10.4. The quantitative estimate of drug-likeness (QED) is 0.700. The smallest absolute Gasteiger partial charge is 0.125 e. The van der Waals surface area contributed by atoms with Gasteiger partial charge in [0, 0.05) is 5.56 Å². The van der Waals surface area contributed by atoms with Crippen molar-refractivity contribution in [3.8, 4) is 11.5 Å². The summed E-state index contributed by atoms with van der Waals surface area (Å²) in [5.41, 5.74) is 2.19. The van der Waals surface area contributed by atoms with Gasteiger partial charge < -0.3 is 9.47 Å². The number of rotatable bonds is 2. The van der Waals surface area contributed by atoms with Gasteiger partial charge >= 0.3 is 0 Å². The molecule has 0 radical (unpaired) electrons. The highest BCUT2D eigenvalue weighted by molar-refractivity contribution is 5.46. The Hall–Kier alpha value is -1.18. The second-order valence-corrected chi connectivity index (χ2v) is 2.79. The van der Waals surface area contributed by atoms with Crippen LogP contribution in [0.2, 0.25) is 0 Å². The summed E-state index contributed by atoms with van der Waals surface area (Å²) in [6.45, 7) is 4.00. The second-order valence-electron chi connectivity index (χ2n) is 2.79. The van der Waals surface area contributed by atoms with Gasteiger partial charge in [0.1, 0.15) is 11.5 Å². The zero-order chi connectivity index (χ0) is 9.14. The van der Waals surface area contributed by atoms with Crippen LogP contribution in [0.25, 0.3) is 0 Å². The van der Waals surface area contributed by atoms with Crippen LogP contribution < -0.4 is 9.47 Å². The minimum absolute atomic E-state index is 0. The van der Waals surface area contributed by atoms with E-state index in [1.165, 1.54) is 0 Å². The zero-order valence-corrected chi connectivity index (χ0v) is 7.97. The summed E-state index contributed by atoms with van der Waals surface area (Å²) in [6, 6.07) is 4.00. The van der Waals surface area contributed by atoms with Crippen molar-refractivity contribution in [1.82, 2.24) is 0 Å². The van der Waals surface area contributed by atoms with E-state index in [2.05, 4.69) is 0 Å². The standard InChI is InChI=1S/C10H14O2.CH4/c1-7-5-9(11-3)8(2)10(6-7)12-4;/h5-6H,1-4H3;1H4. The Kier molecular flexibility index (Phi) is 4.32. The van der Waals surface area contributed by atoms with Crippen molar-refractivity contribution in [2.45, 2.75) is 21.3 Å². The monoisotopic (exact) mass is 182 g/mol. The molecule has 0 heterocycles. The third kappa shape index (κ3) is 2.38. The minimum atomic E-state index is 0. The van der Waals surface area contributed by atoms with Crippen LogP contribution in [0, 0.1) is 13.8 Å². The lowest BCUT2D eigenvalue weighted by atomic mass is 10.1. The zero-order valence-electron chi connectivity index (χ0n) is 7.97. The molecule has 0 saturated carbocycles. The molecule has 0 aliphatic heterocycles. The van der Waals surface area contributed by atoms with Gasteiger partial charge in [0.05, 0.1) is 14.2 Å². The van der Waals surface area contributed by atoms with Gasteiger partial charge in [-0.1, -0.05) is 7.43 Å². The average molecular weight is 182 g/mol. The summed E-state index contributed by atoms with van der Waals surface area (Å²) in [7, 11) is 3.34. The Labute approximate surface area is 80.5 Å². The number of hydrogen-bond donors (Lipinski definition) is 0. The van der Waals surface area contributed by atoms with Crippen LogP contribution in [0.5, 0.6) is 11.5 Å². The Morgan fingerprint density at radius 3 is 1.62 bits per heavy atom. The first-order chi connectivity index (χ1) is 5.69. The first-order valence-electron chi connectivity index (χ1n) is 3.88. The van der Waals surface area contributed by atoms with Crippen molar-refractivity contribution >= 4 is 0 Å². The van der Waals surface area contributed by atoms with Crippen molar-refractivity contribution < 1.29 is 9.47 Å². The van der Waals surface area contributed by atoms with E-state index >= 15 is 0 Å². The maximum absolute atomic E-state index is 5.19. The van der Waals surface area contributed by atoms with E-state index < -0.39 is 0 Å². The van der Waals surface area contributed by atoms with Gasteiger partial charge in [-0.2, -0.15) is 0 Å². The van der Waals surface area contributed by atoms with Crippen molar-refractivity contribution in [2.75, 3.05) is 14.2 Å². The summed E-state index contributed by atoms with van der Waals surface area (Å²) >= 11 is 0. The molecule has 0 N–H and O–H groups in total. The van der Waals surface area contributed by atoms with Crippen LogP contribution in [-0.4, -0.2) is 14.2 Å². The molecule has 2 nitrogen and oxygen atoms in total. The van der Waals surface area contributed by atoms with Gasteiger partial charge in [0.25, 0.3) is 0 Å². The van der Waals surface area contributed by atoms with E-state index in [0.29, 0.717) is 0 Å². The minimum Gasteiger partial charge on any atom is -0.496 e. The number of ether oxygens (including phenoxy) is 2. The normalized spacial score (nSPS) is 8.92. The summed E-state index contributed by atoms with van der Waals surface area (Å²) in [6.07, 6.45) is 0. The Morgan fingerprint density at radius 2 is 1.31 bits per heavy atom. The van der Waals surface area contributed by atoms with Crippen molar-refractivity contribution in [2.24, 2.45) is 0 Å².